The third-order valence-corrected chi connectivity index (χ3v) is 22.7. The lowest BCUT2D eigenvalue weighted by Gasteiger charge is -2.16. The minimum Gasteiger partial charge on any atom is -0.386 e. The van der Waals surface area contributed by atoms with Gasteiger partial charge in [0.05, 0.1) is 52.9 Å². The van der Waals surface area contributed by atoms with Crippen molar-refractivity contribution in [2.45, 2.75) is 63.2 Å². The summed E-state index contributed by atoms with van der Waals surface area (Å²) in [6.07, 6.45) is -2.10. The number of aliphatic hydroxyl groups excluding tert-OH is 5. The van der Waals surface area contributed by atoms with Crippen molar-refractivity contribution in [1.82, 2.24) is 51.5 Å². The van der Waals surface area contributed by atoms with E-state index in [1.165, 1.54) is 28.4 Å². The molecule has 0 saturated carbocycles. The molecule has 95 heavy (non-hydrogen) atoms. The molecular weight excluding hydrogens is 1290 g/mol. The van der Waals surface area contributed by atoms with E-state index in [2.05, 4.69) is 197 Å². The normalized spacial score (nSPS) is 18.2. The molecule has 10 heterocycles. The number of aliphatic hydroxyl groups is 5. The maximum Gasteiger partial charge on any atom is 0.124 e. The fourth-order valence-corrected chi connectivity index (χ4v) is 16.3. The molecule has 5 aromatic carbocycles. The molecule has 20 nitrogen and oxygen atoms in total. The topological polar surface area (TPSA) is 242 Å². The van der Waals surface area contributed by atoms with Crippen molar-refractivity contribution >= 4 is 85.1 Å². The van der Waals surface area contributed by atoms with Gasteiger partial charge in [-0.25, -0.2) is 24.9 Å². The van der Waals surface area contributed by atoms with Gasteiger partial charge in [0.25, 0.3) is 0 Å². The number of benzene rings is 5. The molecule has 10 aromatic rings. The van der Waals surface area contributed by atoms with Gasteiger partial charge in [-0.1, -0.05) is 0 Å². The molecule has 0 radical (unpaired) electrons. The number of aromatic nitrogens is 5. The highest BCUT2D eigenvalue weighted by Gasteiger charge is 2.28. The van der Waals surface area contributed by atoms with Crippen LogP contribution in [0.3, 0.4) is 0 Å². The molecule has 500 valence electrons. The van der Waals surface area contributed by atoms with Crippen LogP contribution in [0.5, 0.6) is 0 Å². The van der Waals surface area contributed by atoms with Gasteiger partial charge in [0.15, 0.2) is 0 Å². The average molecular weight is 1380 g/mol. The van der Waals surface area contributed by atoms with E-state index in [0.717, 1.165) is 138 Å². The molecule has 1 unspecified atom stereocenters. The van der Waals surface area contributed by atoms with Crippen LogP contribution >= 0.6 is 56.7 Å². The molecular formula is C70H85N15O5S5. The predicted octanol–water partition coefficient (Wildman–Crippen LogP) is 10.1. The van der Waals surface area contributed by atoms with Gasteiger partial charge in [-0.2, -0.15) is 0 Å². The van der Waals surface area contributed by atoms with Gasteiger partial charge >= 0.3 is 0 Å². The average Bonchev–Trinajstić information content (AvgIpc) is 1.76. The first-order valence-electron chi connectivity index (χ1n) is 31.6. The second-order valence-electron chi connectivity index (χ2n) is 24.6. The zero-order valence-corrected chi connectivity index (χ0v) is 59.3. The summed E-state index contributed by atoms with van der Waals surface area (Å²) in [7, 11) is 20.3. The Kier molecular flexibility index (Phi) is 22.9. The van der Waals surface area contributed by atoms with Gasteiger partial charge in [-0.05, 0) is 121 Å². The summed E-state index contributed by atoms with van der Waals surface area (Å²) in [6, 6.07) is 41.7. The summed E-state index contributed by atoms with van der Waals surface area (Å²) in [4.78, 5) is 38.5. The van der Waals surface area contributed by atoms with Crippen LogP contribution in [0.2, 0.25) is 0 Å². The third kappa shape index (κ3) is 16.8. The maximum atomic E-state index is 9.94. The van der Waals surface area contributed by atoms with Crippen LogP contribution in [0, 0.1) is 0 Å². The number of β-amino-alcohol motifs (C(OH)–C–C–N with tert-alkyl or cyclic N) is 5. The van der Waals surface area contributed by atoms with Gasteiger partial charge in [-0.15, -0.1) is 56.7 Å². The molecule has 0 aliphatic carbocycles. The number of anilines is 5. The lowest BCUT2D eigenvalue weighted by molar-refractivity contribution is 0.168. The summed E-state index contributed by atoms with van der Waals surface area (Å²) in [5, 5.41) is 70.5. The van der Waals surface area contributed by atoms with Gasteiger partial charge in [0.2, 0.25) is 0 Å². The third-order valence-electron chi connectivity index (χ3n) is 16.5. The summed E-state index contributed by atoms with van der Waals surface area (Å²) in [5.74, 6) is 0. The Morgan fingerprint density at radius 2 is 0.411 bits per heavy atom. The number of fused-ring (bicyclic) bond motifs is 5. The first-order chi connectivity index (χ1) is 45.7. The van der Waals surface area contributed by atoms with Crippen molar-refractivity contribution in [2.75, 3.05) is 128 Å². The zero-order chi connectivity index (χ0) is 67.0. The molecule has 0 saturated heterocycles. The van der Waals surface area contributed by atoms with Crippen molar-refractivity contribution in [2.24, 2.45) is 0 Å². The molecule has 5 aliphatic rings. The lowest BCUT2D eigenvalue weighted by Crippen LogP contribution is -2.26. The molecule has 25 heteroatoms. The number of nitrogens with zero attached hydrogens (tertiary/aromatic N) is 10. The van der Waals surface area contributed by atoms with E-state index in [0.29, 0.717) is 32.7 Å². The Bertz CT molecular complexity index is 3500. The number of thiazole rings is 5. The molecule has 0 amide bonds. The minimum atomic E-state index is -0.420. The molecule has 0 fully saturated rings. The van der Waals surface area contributed by atoms with Crippen LogP contribution in [0.25, 0.3) is 52.9 Å². The highest BCUT2D eigenvalue weighted by atomic mass is 32.1. The van der Waals surface area contributed by atoms with Crippen molar-refractivity contribution in [3.63, 3.8) is 0 Å². The Labute approximate surface area is 576 Å². The van der Waals surface area contributed by atoms with E-state index in [-0.39, 0.29) is 0 Å². The Morgan fingerprint density at radius 1 is 0.263 bits per heavy atom. The quantitative estimate of drug-likeness (QED) is 0.0612. The van der Waals surface area contributed by atoms with E-state index in [4.69, 9.17) is 0 Å². The van der Waals surface area contributed by atoms with Crippen LogP contribution in [0.4, 0.5) is 28.4 Å². The summed E-state index contributed by atoms with van der Waals surface area (Å²) in [5.41, 5.74) is 16.3. The molecule has 10 N–H and O–H groups in total. The minimum absolute atomic E-state index is 0.420. The molecule has 5 aliphatic heterocycles. The summed E-state index contributed by atoms with van der Waals surface area (Å²) >= 11 is 7.98. The fourth-order valence-electron chi connectivity index (χ4n) is 11.0. The maximum absolute atomic E-state index is 9.94. The standard InChI is InChI=1S/5C14H17N3OS/c5*1-17(2)10-5-3-9(4-6-10)14-16-11-7-15-8-12(18)13(11)19-14/h5*3-6,12,15,18H,7-8H2,1-2H3/t4*12-;/m1100./s1. The van der Waals surface area contributed by atoms with Crippen molar-refractivity contribution in [1.29, 1.82) is 0 Å². The Hall–Kier alpha value is -7.15. The van der Waals surface area contributed by atoms with Crippen LogP contribution in [0.1, 0.15) is 83.4 Å². The van der Waals surface area contributed by atoms with Gasteiger partial charge < -0.3 is 76.6 Å². The predicted molar refractivity (Wildman–Crippen MR) is 393 cm³/mol. The van der Waals surface area contributed by atoms with Crippen LogP contribution < -0.4 is 51.1 Å². The summed E-state index contributed by atoms with van der Waals surface area (Å²) in [6.45, 7) is 6.84. The van der Waals surface area contributed by atoms with Crippen molar-refractivity contribution in [3.05, 3.63) is 174 Å². The van der Waals surface area contributed by atoms with Crippen LogP contribution in [0.15, 0.2) is 121 Å². The van der Waals surface area contributed by atoms with Gasteiger partial charge in [0, 0.05) is 192 Å². The molecule has 5 atom stereocenters. The summed E-state index contributed by atoms with van der Waals surface area (Å²) < 4.78 is 0. The largest absolute Gasteiger partial charge is 0.386 e. The molecule has 15 rings (SSSR count). The van der Waals surface area contributed by atoms with Gasteiger partial charge in [-0.3, -0.25) is 0 Å². The Morgan fingerprint density at radius 3 is 0.537 bits per heavy atom. The SMILES string of the molecule is CN(C)c1ccc(-c2nc3c(s2)C(O)CNC3)cc1.CN(C)c1ccc(-c2nc3c(s2)[C@@H](O)CNC3)cc1.CN(C)c1ccc(-c2nc3c(s2)[C@@H](O)CNC3)cc1.CN(C)c1ccc(-c2nc3c(s2)[C@H](O)CNC3)cc1.CN(C)c1ccc(-c2nc3c(s2)[C@H](O)CNC3)cc1. The fraction of sp³-hybridized carbons (Fsp3) is 0.357. The zero-order valence-electron chi connectivity index (χ0n) is 55.3. The van der Waals surface area contributed by atoms with E-state index in [9.17, 15) is 25.5 Å². The van der Waals surface area contributed by atoms with Crippen LogP contribution in [-0.2, 0) is 32.7 Å². The number of rotatable bonds is 10. The molecule has 5 aromatic heterocycles. The van der Waals surface area contributed by atoms with Gasteiger partial charge in [0.1, 0.15) is 55.6 Å². The monoisotopic (exact) mass is 1380 g/mol. The number of hydrogen-bond acceptors (Lipinski definition) is 25. The van der Waals surface area contributed by atoms with Crippen LogP contribution in [-0.4, -0.2) is 154 Å². The van der Waals surface area contributed by atoms with Crippen molar-refractivity contribution < 1.29 is 25.5 Å². The number of hydrogen-bond donors (Lipinski definition) is 10. The number of nitrogens with one attached hydrogen (secondary N) is 5. The van der Waals surface area contributed by atoms with E-state index in [1.54, 1.807) is 56.7 Å². The second kappa shape index (κ2) is 31.4. The highest BCUT2D eigenvalue weighted by molar-refractivity contribution is 7.16. The molecule has 0 bridgehead atoms. The smallest absolute Gasteiger partial charge is 0.124 e. The van der Waals surface area contributed by atoms with E-state index < -0.39 is 30.5 Å². The van der Waals surface area contributed by atoms with E-state index in [1.807, 2.05) is 70.5 Å². The first-order valence-corrected chi connectivity index (χ1v) is 35.6. The van der Waals surface area contributed by atoms with Crippen molar-refractivity contribution in [3.8, 4) is 52.9 Å². The highest BCUT2D eigenvalue weighted by Crippen LogP contribution is 2.40. The second-order valence-corrected chi connectivity index (χ2v) is 29.7. The molecule has 0 spiro atoms. The Balaban J connectivity index is 0.000000121. The first kappa shape index (κ1) is 69.2. The lowest BCUT2D eigenvalue weighted by atomic mass is 10.2. The van der Waals surface area contributed by atoms with E-state index >= 15 is 0 Å².